The van der Waals surface area contributed by atoms with Crippen LogP contribution in [-0.2, 0) is 4.74 Å². The van der Waals surface area contributed by atoms with Gasteiger partial charge in [0.05, 0.1) is 23.3 Å². The van der Waals surface area contributed by atoms with Gasteiger partial charge < -0.3 is 4.74 Å². The Labute approximate surface area is 137 Å². The zero-order valence-corrected chi connectivity index (χ0v) is 13.9. The van der Waals surface area contributed by atoms with E-state index in [1.807, 2.05) is 22.6 Å². The number of carbonyl (C=O) groups excluding carboxylic acids is 1. The molecule has 0 saturated carbocycles. The van der Waals surface area contributed by atoms with Crippen molar-refractivity contribution in [2.24, 2.45) is 4.99 Å². The Hall–Kier alpha value is -1.87. The number of aliphatic imine (C=N–C) groups is 1. The second-order valence-corrected chi connectivity index (χ2v) is 5.39. The third kappa shape index (κ3) is 4.30. The Morgan fingerprint density at radius 3 is 2.76 bits per heavy atom. The number of nitriles is 1. The van der Waals surface area contributed by atoms with Crippen LogP contribution in [0.25, 0.3) is 0 Å². The summed E-state index contributed by atoms with van der Waals surface area (Å²) in [5, 5.41) is 22.1. The summed E-state index contributed by atoms with van der Waals surface area (Å²) in [4.78, 5) is 26.2. The first-order valence-corrected chi connectivity index (χ1v) is 7.59. The molecular formula is C11H9IN4O4S. The van der Waals surface area contributed by atoms with Crippen LogP contribution in [0.1, 0.15) is 10.4 Å². The van der Waals surface area contributed by atoms with Crippen LogP contribution in [0.15, 0.2) is 17.1 Å². The molecule has 0 aromatic heterocycles. The van der Waals surface area contributed by atoms with E-state index in [1.54, 1.807) is 12.4 Å². The number of thioether (sulfide) groups is 1. The van der Waals surface area contributed by atoms with Gasteiger partial charge in [-0.1, -0.05) is 11.8 Å². The molecule has 1 aromatic rings. The van der Waals surface area contributed by atoms with Gasteiger partial charge in [0, 0.05) is 15.7 Å². The summed E-state index contributed by atoms with van der Waals surface area (Å²) >= 11 is 3.00. The number of nitro benzene ring substituents is 1. The van der Waals surface area contributed by atoms with Crippen molar-refractivity contribution in [3.63, 3.8) is 0 Å². The van der Waals surface area contributed by atoms with E-state index in [1.165, 1.54) is 13.2 Å². The molecular weight excluding hydrogens is 411 g/mol. The van der Waals surface area contributed by atoms with Gasteiger partial charge in [-0.15, -0.1) is 0 Å². The maximum Gasteiger partial charge on any atom is 0.340 e. The van der Waals surface area contributed by atoms with Crippen molar-refractivity contribution in [3.8, 4) is 6.19 Å². The maximum atomic E-state index is 11.8. The Kier molecular flexibility index (Phi) is 6.38. The third-order valence-corrected chi connectivity index (χ3v) is 3.64. The van der Waals surface area contributed by atoms with Crippen molar-refractivity contribution in [2.45, 2.75) is 0 Å². The Balaban J connectivity index is 3.53. The SMILES string of the molecule is COC(=O)c1cc([N+](=O)[O-])cc(I)c1N=C(NC#N)SC. The average molecular weight is 420 g/mol. The van der Waals surface area contributed by atoms with E-state index in [4.69, 9.17) is 5.26 Å². The normalized spacial score (nSPS) is 10.7. The Bertz CT molecular complexity index is 656. The molecule has 10 heteroatoms. The van der Waals surface area contributed by atoms with E-state index in [0.717, 1.165) is 17.8 Å². The fourth-order valence-electron chi connectivity index (χ4n) is 1.34. The second kappa shape index (κ2) is 7.79. The molecule has 8 nitrogen and oxygen atoms in total. The number of amidine groups is 1. The molecule has 0 atom stereocenters. The number of nitro groups is 1. The van der Waals surface area contributed by atoms with E-state index in [0.29, 0.717) is 3.57 Å². The van der Waals surface area contributed by atoms with Gasteiger partial charge in [0.1, 0.15) is 0 Å². The highest BCUT2D eigenvalue weighted by Crippen LogP contribution is 2.32. The number of methoxy groups -OCH3 is 1. The minimum atomic E-state index is -0.743. The molecule has 1 aromatic carbocycles. The lowest BCUT2D eigenvalue weighted by Crippen LogP contribution is -2.13. The van der Waals surface area contributed by atoms with E-state index in [-0.39, 0.29) is 22.1 Å². The standard InChI is InChI=1S/C11H9IN4O4S/c1-20-10(17)7-3-6(16(18)19)4-8(12)9(7)15-11(21-2)14-5-13/h3-4H,1-2H3,(H,14,15). The first-order chi connectivity index (χ1) is 9.94. The molecule has 0 bridgehead atoms. The highest BCUT2D eigenvalue weighted by Gasteiger charge is 2.21. The molecule has 0 spiro atoms. The van der Waals surface area contributed by atoms with Crippen LogP contribution >= 0.6 is 34.4 Å². The summed E-state index contributed by atoms with van der Waals surface area (Å²) in [5.74, 6) is -0.743. The second-order valence-electron chi connectivity index (χ2n) is 3.43. The number of nitrogens with zero attached hydrogens (tertiary/aromatic N) is 3. The van der Waals surface area contributed by atoms with Crippen LogP contribution in [0.2, 0.25) is 0 Å². The number of carbonyl (C=O) groups is 1. The van der Waals surface area contributed by atoms with Gasteiger partial charge in [-0.3, -0.25) is 15.4 Å². The van der Waals surface area contributed by atoms with E-state index in [9.17, 15) is 14.9 Å². The fourth-order valence-corrected chi connectivity index (χ4v) is 2.40. The number of ether oxygens (including phenoxy) is 1. The van der Waals surface area contributed by atoms with Gasteiger partial charge in [0.15, 0.2) is 11.4 Å². The molecule has 0 aliphatic rings. The number of hydrogen-bond acceptors (Lipinski definition) is 7. The highest BCUT2D eigenvalue weighted by atomic mass is 127. The lowest BCUT2D eigenvalue weighted by Gasteiger charge is -2.08. The maximum absolute atomic E-state index is 11.8. The van der Waals surface area contributed by atoms with Gasteiger partial charge in [0.25, 0.3) is 5.69 Å². The zero-order valence-electron chi connectivity index (χ0n) is 10.9. The number of halogens is 1. The van der Waals surface area contributed by atoms with Gasteiger partial charge in [0.2, 0.25) is 0 Å². The van der Waals surface area contributed by atoms with Crippen LogP contribution in [-0.4, -0.2) is 29.4 Å². The summed E-state index contributed by atoms with van der Waals surface area (Å²) < 4.78 is 5.01. The van der Waals surface area contributed by atoms with Crippen LogP contribution < -0.4 is 5.32 Å². The molecule has 0 amide bonds. The molecule has 1 N–H and O–H groups in total. The molecule has 0 radical (unpaired) electrons. The van der Waals surface area contributed by atoms with Crippen molar-refractivity contribution < 1.29 is 14.5 Å². The predicted octanol–water partition coefficient (Wildman–Crippen LogP) is 2.41. The Morgan fingerprint density at radius 1 is 1.62 bits per heavy atom. The van der Waals surface area contributed by atoms with Crippen molar-refractivity contribution >= 4 is 56.9 Å². The van der Waals surface area contributed by atoms with Crippen LogP contribution in [0.4, 0.5) is 11.4 Å². The third-order valence-electron chi connectivity index (χ3n) is 2.23. The largest absolute Gasteiger partial charge is 0.465 e. The lowest BCUT2D eigenvalue weighted by atomic mass is 10.1. The molecule has 0 saturated heterocycles. The van der Waals surface area contributed by atoms with E-state index >= 15 is 0 Å². The number of hydrogen-bond donors (Lipinski definition) is 1. The van der Waals surface area contributed by atoms with Gasteiger partial charge in [-0.2, -0.15) is 5.26 Å². The first kappa shape index (κ1) is 17.2. The summed E-state index contributed by atoms with van der Waals surface area (Å²) in [6.07, 6.45) is 3.42. The van der Waals surface area contributed by atoms with Gasteiger partial charge in [-0.25, -0.2) is 9.79 Å². The van der Waals surface area contributed by atoms with E-state index < -0.39 is 10.9 Å². The number of non-ortho nitro benzene ring substituents is 1. The van der Waals surface area contributed by atoms with Crippen LogP contribution in [0.3, 0.4) is 0 Å². The number of esters is 1. The monoisotopic (exact) mass is 420 g/mol. The summed E-state index contributed by atoms with van der Waals surface area (Å²) in [6, 6.07) is 2.38. The minimum absolute atomic E-state index is 0.0395. The predicted molar refractivity (Wildman–Crippen MR) is 86.5 cm³/mol. The van der Waals surface area contributed by atoms with Crippen molar-refractivity contribution in [1.29, 1.82) is 5.26 Å². The molecule has 21 heavy (non-hydrogen) atoms. The zero-order chi connectivity index (χ0) is 16.0. The Morgan fingerprint density at radius 2 is 2.29 bits per heavy atom. The summed E-state index contributed by atoms with van der Waals surface area (Å²) in [7, 11) is 1.17. The quantitative estimate of drug-likeness (QED) is 0.117. The first-order valence-electron chi connectivity index (χ1n) is 5.28. The molecule has 0 aliphatic carbocycles. The van der Waals surface area contributed by atoms with Crippen molar-refractivity contribution in [1.82, 2.24) is 5.32 Å². The number of nitrogens with one attached hydrogen (secondary N) is 1. The van der Waals surface area contributed by atoms with Gasteiger partial charge in [-0.05, 0) is 28.8 Å². The summed E-state index contributed by atoms with van der Waals surface area (Å²) in [5.41, 5.74) is -0.0692. The fraction of sp³-hybridized carbons (Fsp3) is 0.182. The summed E-state index contributed by atoms with van der Waals surface area (Å²) in [6.45, 7) is 0. The number of benzene rings is 1. The molecule has 0 heterocycles. The van der Waals surface area contributed by atoms with Crippen molar-refractivity contribution in [2.75, 3.05) is 13.4 Å². The van der Waals surface area contributed by atoms with Crippen LogP contribution in [0, 0.1) is 25.1 Å². The molecule has 0 aliphatic heterocycles. The van der Waals surface area contributed by atoms with Crippen molar-refractivity contribution in [3.05, 3.63) is 31.4 Å². The minimum Gasteiger partial charge on any atom is -0.465 e. The average Bonchev–Trinajstić information content (AvgIpc) is 2.46. The van der Waals surface area contributed by atoms with Crippen LogP contribution in [0.5, 0.6) is 0 Å². The topological polar surface area (TPSA) is 118 Å². The van der Waals surface area contributed by atoms with E-state index in [2.05, 4.69) is 15.0 Å². The molecule has 110 valence electrons. The lowest BCUT2D eigenvalue weighted by molar-refractivity contribution is -0.385. The highest BCUT2D eigenvalue weighted by molar-refractivity contribution is 14.1. The molecule has 0 fully saturated rings. The smallest absolute Gasteiger partial charge is 0.340 e. The molecule has 1 rings (SSSR count). The molecule has 0 unspecified atom stereocenters. The van der Waals surface area contributed by atoms with Gasteiger partial charge >= 0.3 is 5.97 Å². The number of rotatable bonds is 3.